The average molecular weight is 309 g/mol. The van der Waals surface area contributed by atoms with Crippen molar-refractivity contribution in [1.29, 1.82) is 5.26 Å². The fourth-order valence-electron chi connectivity index (χ4n) is 2.20. The minimum atomic E-state index is -0.363. The molecule has 0 aliphatic rings. The molecule has 0 spiro atoms. The second-order valence-corrected chi connectivity index (χ2v) is 5.11. The molecule has 0 unspecified atom stereocenters. The van der Waals surface area contributed by atoms with E-state index in [1.807, 2.05) is 38.1 Å². The van der Waals surface area contributed by atoms with Gasteiger partial charge in [-0.2, -0.15) is 5.26 Å². The monoisotopic (exact) mass is 309 g/mol. The number of urea groups is 1. The first kappa shape index (κ1) is 16.4. The van der Waals surface area contributed by atoms with Gasteiger partial charge in [-0.25, -0.2) is 4.79 Å². The highest BCUT2D eigenvalue weighted by molar-refractivity contribution is 5.90. The molecule has 0 fully saturated rings. The summed E-state index contributed by atoms with van der Waals surface area (Å²) in [4.78, 5) is 11.8. The second kappa shape index (κ2) is 7.85. The largest absolute Gasteiger partial charge is 0.491 e. The Hall–Kier alpha value is -3.00. The number of benzene rings is 2. The van der Waals surface area contributed by atoms with Crippen LogP contribution in [0.15, 0.2) is 42.5 Å². The van der Waals surface area contributed by atoms with Crippen molar-refractivity contribution < 1.29 is 9.53 Å². The van der Waals surface area contributed by atoms with Gasteiger partial charge in [0, 0.05) is 0 Å². The first-order valence-corrected chi connectivity index (χ1v) is 7.35. The molecule has 0 saturated heterocycles. The van der Waals surface area contributed by atoms with E-state index >= 15 is 0 Å². The Morgan fingerprint density at radius 1 is 1.13 bits per heavy atom. The first-order valence-electron chi connectivity index (χ1n) is 7.35. The van der Waals surface area contributed by atoms with E-state index in [2.05, 4.69) is 10.6 Å². The van der Waals surface area contributed by atoms with Gasteiger partial charge in [-0.15, -0.1) is 0 Å². The number of anilines is 1. The summed E-state index contributed by atoms with van der Waals surface area (Å²) in [7, 11) is 0. The molecule has 23 heavy (non-hydrogen) atoms. The predicted molar refractivity (Wildman–Crippen MR) is 89.6 cm³/mol. The summed E-state index contributed by atoms with van der Waals surface area (Å²) in [6.07, 6.45) is 0. The molecule has 0 aromatic heterocycles. The number of hydrogen-bond acceptors (Lipinski definition) is 3. The second-order valence-electron chi connectivity index (χ2n) is 5.11. The van der Waals surface area contributed by atoms with Gasteiger partial charge in [-0.05, 0) is 37.1 Å². The molecule has 0 radical (unpaired) electrons. The lowest BCUT2D eigenvalue weighted by molar-refractivity contribution is 0.247. The number of nitrogens with zero attached hydrogens (tertiary/aromatic N) is 1. The van der Waals surface area contributed by atoms with Crippen molar-refractivity contribution in [3.8, 4) is 11.8 Å². The summed E-state index contributed by atoms with van der Waals surface area (Å²) >= 11 is 0. The average Bonchev–Trinajstić information content (AvgIpc) is 2.54. The van der Waals surface area contributed by atoms with Crippen molar-refractivity contribution in [2.75, 3.05) is 18.5 Å². The van der Waals surface area contributed by atoms with Gasteiger partial charge >= 0.3 is 6.03 Å². The molecule has 5 heteroatoms. The fourth-order valence-corrected chi connectivity index (χ4v) is 2.20. The molecule has 2 aromatic carbocycles. The summed E-state index contributed by atoms with van der Waals surface area (Å²) in [5.74, 6) is 0.851. The van der Waals surface area contributed by atoms with Gasteiger partial charge in [-0.1, -0.05) is 30.3 Å². The zero-order valence-electron chi connectivity index (χ0n) is 13.2. The molecule has 2 aromatic rings. The molecular weight excluding hydrogens is 290 g/mol. The number of carbonyl (C=O) groups excluding carboxylic acids is 1. The summed E-state index contributed by atoms with van der Waals surface area (Å²) < 4.78 is 5.72. The quantitative estimate of drug-likeness (QED) is 0.832. The van der Waals surface area contributed by atoms with Crippen LogP contribution in [0.5, 0.6) is 5.75 Å². The number of hydrogen-bond donors (Lipinski definition) is 2. The lowest BCUT2D eigenvalue weighted by atomic mass is 10.1. The van der Waals surface area contributed by atoms with Crippen molar-refractivity contribution in [3.63, 3.8) is 0 Å². The number of para-hydroxylation sites is 2. The summed E-state index contributed by atoms with van der Waals surface area (Å²) in [5, 5.41) is 14.3. The normalized spacial score (nSPS) is 9.78. The van der Waals surface area contributed by atoms with E-state index < -0.39 is 0 Å². The molecule has 2 amide bonds. The summed E-state index contributed by atoms with van der Waals surface area (Å²) in [5.41, 5.74) is 3.05. The molecule has 0 aliphatic heterocycles. The van der Waals surface area contributed by atoms with Crippen molar-refractivity contribution in [1.82, 2.24) is 5.32 Å². The number of aryl methyl sites for hydroxylation is 2. The van der Waals surface area contributed by atoms with Crippen molar-refractivity contribution in [2.24, 2.45) is 0 Å². The Morgan fingerprint density at radius 2 is 1.83 bits per heavy atom. The van der Waals surface area contributed by atoms with Gasteiger partial charge in [0.2, 0.25) is 0 Å². The predicted octanol–water partition coefficient (Wildman–Crippen LogP) is 3.38. The van der Waals surface area contributed by atoms with Gasteiger partial charge in [0.05, 0.1) is 17.8 Å². The minimum absolute atomic E-state index is 0.363. The van der Waals surface area contributed by atoms with E-state index in [0.29, 0.717) is 24.4 Å². The molecule has 0 aliphatic carbocycles. The van der Waals surface area contributed by atoms with E-state index in [0.717, 1.165) is 16.9 Å². The molecule has 2 rings (SSSR count). The molecule has 5 nitrogen and oxygen atoms in total. The van der Waals surface area contributed by atoms with Crippen LogP contribution in [-0.4, -0.2) is 19.2 Å². The molecule has 2 N–H and O–H groups in total. The highest BCUT2D eigenvalue weighted by atomic mass is 16.5. The van der Waals surface area contributed by atoms with E-state index in [1.54, 1.807) is 24.3 Å². The van der Waals surface area contributed by atoms with E-state index in [-0.39, 0.29) is 6.03 Å². The smallest absolute Gasteiger partial charge is 0.319 e. The van der Waals surface area contributed by atoms with Crippen LogP contribution in [0.2, 0.25) is 0 Å². The van der Waals surface area contributed by atoms with Crippen molar-refractivity contribution >= 4 is 11.7 Å². The molecule has 0 bridgehead atoms. The summed E-state index contributed by atoms with van der Waals surface area (Å²) in [6.45, 7) is 4.72. The van der Waals surface area contributed by atoms with Crippen LogP contribution in [0.1, 0.15) is 16.7 Å². The van der Waals surface area contributed by atoms with Gasteiger partial charge in [0.25, 0.3) is 0 Å². The highest BCUT2D eigenvalue weighted by Gasteiger charge is 2.06. The van der Waals surface area contributed by atoms with Crippen LogP contribution in [0.3, 0.4) is 0 Å². The van der Waals surface area contributed by atoms with Crippen LogP contribution >= 0.6 is 0 Å². The maximum atomic E-state index is 11.8. The fraction of sp³-hybridized carbons (Fsp3) is 0.222. The van der Waals surface area contributed by atoms with Crippen LogP contribution in [0.25, 0.3) is 0 Å². The zero-order valence-corrected chi connectivity index (χ0v) is 13.2. The summed E-state index contributed by atoms with van der Waals surface area (Å²) in [6, 6.07) is 14.5. The standard InChI is InChI=1S/C18H19N3O2/c1-13-6-5-7-14(2)17(13)23-11-10-20-18(22)21-16-9-4-3-8-15(16)12-19/h3-9H,10-11H2,1-2H3,(H2,20,21,22). The number of ether oxygens (including phenoxy) is 1. The van der Waals surface area contributed by atoms with E-state index in [4.69, 9.17) is 10.00 Å². The number of rotatable bonds is 5. The Balaban J connectivity index is 1.81. The van der Waals surface area contributed by atoms with E-state index in [9.17, 15) is 4.79 Å². The van der Waals surface area contributed by atoms with E-state index in [1.165, 1.54) is 0 Å². The SMILES string of the molecule is Cc1cccc(C)c1OCCNC(=O)Nc1ccccc1C#N. The Labute approximate surface area is 135 Å². The maximum Gasteiger partial charge on any atom is 0.319 e. The van der Waals surface area contributed by atoms with Crippen LogP contribution in [0, 0.1) is 25.2 Å². The van der Waals surface area contributed by atoms with Crippen molar-refractivity contribution in [2.45, 2.75) is 13.8 Å². The van der Waals surface area contributed by atoms with Crippen LogP contribution < -0.4 is 15.4 Å². The third-order valence-corrected chi connectivity index (χ3v) is 3.34. The zero-order chi connectivity index (χ0) is 16.7. The molecule has 0 saturated carbocycles. The third kappa shape index (κ3) is 4.48. The Bertz CT molecular complexity index is 715. The lowest BCUT2D eigenvalue weighted by Crippen LogP contribution is -2.32. The molecular formula is C18H19N3O2. The maximum absolute atomic E-state index is 11.8. The number of nitriles is 1. The van der Waals surface area contributed by atoms with Gasteiger partial charge in [-0.3, -0.25) is 0 Å². The van der Waals surface area contributed by atoms with Crippen LogP contribution in [0.4, 0.5) is 10.5 Å². The lowest BCUT2D eigenvalue weighted by Gasteiger charge is -2.13. The molecule has 0 heterocycles. The number of amides is 2. The Morgan fingerprint density at radius 3 is 2.52 bits per heavy atom. The van der Waals surface area contributed by atoms with Crippen LogP contribution in [-0.2, 0) is 0 Å². The van der Waals surface area contributed by atoms with Gasteiger partial charge in [0.1, 0.15) is 18.4 Å². The number of nitrogens with one attached hydrogen (secondary N) is 2. The first-order chi connectivity index (χ1) is 11.1. The molecule has 118 valence electrons. The topological polar surface area (TPSA) is 74.2 Å². The third-order valence-electron chi connectivity index (χ3n) is 3.34. The Kier molecular flexibility index (Phi) is 5.59. The minimum Gasteiger partial charge on any atom is -0.491 e. The molecule has 0 atom stereocenters. The number of carbonyl (C=O) groups is 1. The van der Waals surface area contributed by atoms with Gasteiger partial charge < -0.3 is 15.4 Å². The van der Waals surface area contributed by atoms with Crippen molar-refractivity contribution in [3.05, 3.63) is 59.2 Å². The van der Waals surface area contributed by atoms with Gasteiger partial charge in [0.15, 0.2) is 0 Å². The highest BCUT2D eigenvalue weighted by Crippen LogP contribution is 2.21.